The van der Waals surface area contributed by atoms with Crippen molar-refractivity contribution in [2.24, 2.45) is 0 Å². The van der Waals surface area contributed by atoms with E-state index in [1.54, 1.807) is 0 Å². The summed E-state index contributed by atoms with van der Waals surface area (Å²) in [5.74, 6) is 0.0522. The third kappa shape index (κ3) is 5.84. The van der Waals surface area contributed by atoms with Crippen LogP contribution in [-0.2, 0) is 16.6 Å². The van der Waals surface area contributed by atoms with E-state index in [2.05, 4.69) is 47.2 Å². The molecule has 0 saturated heterocycles. The van der Waals surface area contributed by atoms with Crippen LogP contribution in [0.15, 0.2) is 53.0 Å². The van der Waals surface area contributed by atoms with Crippen molar-refractivity contribution in [3.05, 3.63) is 64.1 Å². The molecule has 0 heterocycles. The van der Waals surface area contributed by atoms with Crippen LogP contribution in [0.1, 0.15) is 31.4 Å². The average molecular weight is 412 g/mol. The maximum atomic E-state index is 12.1. The lowest BCUT2D eigenvalue weighted by atomic mass is 9.84. The van der Waals surface area contributed by atoms with Crippen LogP contribution < -0.4 is 11.1 Å². The number of nitrogens with two attached hydrogens (primary N) is 1. The Kier molecular flexibility index (Phi) is 7.77. The van der Waals surface area contributed by atoms with Gasteiger partial charge in [-0.3, -0.25) is 4.79 Å². The van der Waals surface area contributed by atoms with Gasteiger partial charge in [0.1, 0.15) is 0 Å². The number of benzene rings is 2. The Morgan fingerprint density at radius 2 is 1.88 bits per heavy atom. The van der Waals surface area contributed by atoms with E-state index in [-0.39, 0.29) is 23.7 Å². The van der Waals surface area contributed by atoms with Crippen molar-refractivity contribution >= 4 is 39.9 Å². The number of aryl methyl sites for hydroxylation is 1. The summed E-state index contributed by atoms with van der Waals surface area (Å²) < 4.78 is 1.05. The van der Waals surface area contributed by atoms with Crippen LogP contribution in [0.4, 0.5) is 5.69 Å². The summed E-state index contributed by atoms with van der Waals surface area (Å²) in [5.41, 5.74) is 8.75. The summed E-state index contributed by atoms with van der Waals surface area (Å²) in [6.45, 7) is 4.86. The molecule has 0 aliphatic rings. The smallest absolute Gasteiger partial charge is 0.220 e. The van der Waals surface area contributed by atoms with E-state index >= 15 is 0 Å². The third-order valence-electron chi connectivity index (χ3n) is 4.01. The number of carbonyl (C=O) groups is 1. The van der Waals surface area contributed by atoms with E-state index in [4.69, 9.17) is 5.73 Å². The zero-order valence-electron chi connectivity index (χ0n) is 14.0. The first-order valence-electron chi connectivity index (χ1n) is 7.74. The third-order valence-corrected chi connectivity index (χ3v) is 4.50. The second-order valence-corrected chi connectivity index (χ2v) is 7.29. The lowest BCUT2D eigenvalue weighted by molar-refractivity contribution is -0.121. The molecule has 0 atom stereocenters. The molecular weight excluding hydrogens is 388 g/mol. The Labute approximate surface area is 158 Å². The Morgan fingerprint density at radius 1 is 1.17 bits per heavy atom. The number of rotatable bonds is 6. The predicted molar refractivity (Wildman–Crippen MR) is 107 cm³/mol. The van der Waals surface area contributed by atoms with Crippen molar-refractivity contribution in [1.82, 2.24) is 5.32 Å². The van der Waals surface area contributed by atoms with Crippen molar-refractivity contribution < 1.29 is 4.79 Å². The summed E-state index contributed by atoms with van der Waals surface area (Å²) in [6.07, 6.45) is 1.11. The fourth-order valence-electron chi connectivity index (χ4n) is 2.43. The highest BCUT2D eigenvalue weighted by molar-refractivity contribution is 9.10. The number of halogens is 2. The molecule has 2 rings (SSSR count). The van der Waals surface area contributed by atoms with Crippen LogP contribution in [0.5, 0.6) is 0 Å². The van der Waals surface area contributed by atoms with Gasteiger partial charge in [0.15, 0.2) is 0 Å². The molecule has 3 N–H and O–H groups in total. The Morgan fingerprint density at radius 3 is 2.54 bits per heavy atom. The van der Waals surface area contributed by atoms with E-state index in [9.17, 15) is 4.79 Å². The van der Waals surface area contributed by atoms with Gasteiger partial charge >= 0.3 is 0 Å². The van der Waals surface area contributed by atoms with Gasteiger partial charge in [-0.2, -0.15) is 0 Å². The standard InChI is InChI=1S/C19H23BrN2O.ClH/c1-19(2,15-7-5-8-16(20)12-15)13-22-18(23)11-10-14-6-3-4-9-17(14)21;/h3-9,12H,10-11,13,21H2,1-2H3,(H,22,23);1H. The van der Waals surface area contributed by atoms with Gasteiger partial charge in [0.05, 0.1) is 0 Å². The number of para-hydroxylation sites is 1. The molecular formula is C19H24BrClN2O. The molecule has 0 unspecified atom stereocenters. The number of nitrogens with one attached hydrogen (secondary N) is 1. The van der Waals surface area contributed by atoms with Crippen LogP contribution in [0.2, 0.25) is 0 Å². The zero-order chi connectivity index (χ0) is 16.9. The maximum absolute atomic E-state index is 12.1. The van der Waals surface area contributed by atoms with E-state index in [0.29, 0.717) is 19.4 Å². The molecule has 0 aromatic heterocycles. The first-order valence-corrected chi connectivity index (χ1v) is 8.54. The van der Waals surface area contributed by atoms with Gasteiger partial charge in [0, 0.05) is 28.5 Å². The van der Waals surface area contributed by atoms with Crippen LogP contribution in [0.3, 0.4) is 0 Å². The molecule has 0 fully saturated rings. The fraction of sp³-hybridized carbons (Fsp3) is 0.316. The number of carbonyl (C=O) groups excluding carboxylic acids is 1. The monoisotopic (exact) mass is 410 g/mol. The average Bonchev–Trinajstić information content (AvgIpc) is 2.52. The van der Waals surface area contributed by atoms with Gasteiger partial charge in [-0.1, -0.05) is 60.1 Å². The largest absolute Gasteiger partial charge is 0.399 e. The molecule has 0 saturated carbocycles. The van der Waals surface area contributed by atoms with Crippen LogP contribution in [-0.4, -0.2) is 12.5 Å². The predicted octanol–water partition coefficient (Wildman–Crippen LogP) is 4.48. The van der Waals surface area contributed by atoms with Crippen molar-refractivity contribution in [3.63, 3.8) is 0 Å². The van der Waals surface area contributed by atoms with Gasteiger partial charge in [-0.15, -0.1) is 12.4 Å². The highest BCUT2D eigenvalue weighted by Gasteiger charge is 2.21. The highest BCUT2D eigenvalue weighted by atomic mass is 79.9. The number of hydrogen-bond donors (Lipinski definition) is 2. The molecule has 2 aromatic rings. The van der Waals surface area contributed by atoms with Gasteiger partial charge in [-0.25, -0.2) is 0 Å². The van der Waals surface area contributed by atoms with Crippen molar-refractivity contribution in [2.75, 3.05) is 12.3 Å². The van der Waals surface area contributed by atoms with E-state index in [1.807, 2.05) is 36.4 Å². The summed E-state index contributed by atoms with van der Waals surface area (Å²) in [5, 5.41) is 3.04. The van der Waals surface area contributed by atoms with Crippen LogP contribution in [0.25, 0.3) is 0 Å². The molecule has 24 heavy (non-hydrogen) atoms. The van der Waals surface area contributed by atoms with Crippen molar-refractivity contribution in [1.29, 1.82) is 0 Å². The second-order valence-electron chi connectivity index (χ2n) is 6.37. The lowest BCUT2D eigenvalue weighted by Crippen LogP contribution is -2.36. The normalized spacial score (nSPS) is 10.8. The molecule has 1 amide bonds. The fourth-order valence-corrected chi connectivity index (χ4v) is 2.83. The van der Waals surface area contributed by atoms with Crippen LogP contribution in [0, 0.1) is 0 Å². The van der Waals surface area contributed by atoms with E-state index < -0.39 is 0 Å². The highest BCUT2D eigenvalue weighted by Crippen LogP contribution is 2.25. The number of nitrogen functional groups attached to an aromatic ring is 1. The minimum absolute atomic E-state index is 0. The maximum Gasteiger partial charge on any atom is 0.220 e. The first-order chi connectivity index (χ1) is 10.9. The summed E-state index contributed by atoms with van der Waals surface area (Å²) in [4.78, 5) is 12.1. The van der Waals surface area contributed by atoms with E-state index in [1.165, 1.54) is 5.56 Å². The second kappa shape index (κ2) is 9.09. The Hall–Kier alpha value is -1.52. The molecule has 0 radical (unpaired) electrons. The molecule has 0 spiro atoms. The molecule has 5 heteroatoms. The van der Waals surface area contributed by atoms with Crippen molar-refractivity contribution in [2.45, 2.75) is 32.1 Å². The topological polar surface area (TPSA) is 55.1 Å². The summed E-state index contributed by atoms with van der Waals surface area (Å²) >= 11 is 3.49. The lowest BCUT2D eigenvalue weighted by Gasteiger charge is -2.26. The quantitative estimate of drug-likeness (QED) is 0.689. The van der Waals surface area contributed by atoms with Gasteiger partial charge in [0.25, 0.3) is 0 Å². The SMILES string of the molecule is CC(C)(CNC(=O)CCc1ccccc1N)c1cccc(Br)c1.Cl. The van der Waals surface area contributed by atoms with Gasteiger partial charge < -0.3 is 11.1 Å². The van der Waals surface area contributed by atoms with Crippen LogP contribution >= 0.6 is 28.3 Å². The number of amides is 1. The first kappa shape index (κ1) is 20.5. The Balaban J connectivity index is 0.00000288. The zero-order valence-corrected chi connectivity index (χ0v) is 16.4. The van der Waals surface area contributed by atoms with Crippen molar-refractivity contribution in [3.8, 4) is 0 Å². The van der Waals surface area contributed by atoms with E-state index in [0.717, 1.165) is 15.7 Å². The Bertz CT molecular complexity index is 689. The molecule has 3 nitrogen and oxygen atoms in total. The molecule has 0 bridgehead atoms. The molecule has 130 valence electrons. The minimum atomic E-state index is -0.120. The van der Waals surface area contributed by atoms with Gasteiger partial charge in [0.2, 0.25) is 5.91 Å². The minimum Gasteiger partial charge on any atom is -0.399 e. The molecule has 2 aromatic carbocycles. The number of hydrogen-bond acceptors (Lipinski definition) is 2. The molecule has 0 aliphatic heterocycles. The number of anilines is 1. The summed E-state index contributed by atoms with van der Waals surface area (Å²) in [7, 11) is 0. The summed E-state index contributed by atoms with van der Waals surface area (Å²) in [6, 6.07) is 15.9. The molecule has 0 aliphatic carbocycles. The van der Waals surface area contributed by atoms with Gasteiger partial charge in [-0.05, 0) is 35.7 Å².